The van der Waals surface area contributed by atoms with Gasteiger partial charge in [-0.05, 0) is 124 Å². The van der Waals surface area contributed by atoms with Gasteiger partial charge in [-0.1, -0.05) is 121 Å². The van der Waals surface area contributed by atoms with E-state index in [1.54, 1.807) is 6.07 Å². The molecule has 0 saturated heterocycles. The van der Waals surface area contributed by atoms with Gasteiger partial charge in [0.25, 0.3) is 0 Å². The molecule has 0 amide bonds. The highest BCUT2D eigenvalue weighted by molar-refractivity contribution is 6.26. The smallest absolute Gasteiger partial charge is 0.204 e. The van der Waals surface area contributed by atoms with Crippen LogP contribution in [0.15, 0.2) is 158 Å². The molecular formula is C47H26F6. The monoisotopic (exact) mass is 704 g/mol. The molecule has 0 spiro atoms. The highest BCUT2D eigenvalue weighted by atomic mass is 19.4. The maximum atomic E-state index is 14.6. The Morgan fingerprint density at radius 3 is 1.26 bits per heavy atom. The number of rotatable bonds is 4. The molecule has 0 radical (unpaired) electrons. The van der Waals surface area contributed by atoms with Gasteiger partial charge in [0.15, 0.2) is 17.5 Å². The normalized spacial score (nSPS) is 12.0. The van der Waals surface area contributed by atoms with E-state index in [0.717, 1.165) is 95.2 Å². The first-order valence-corrected chi connectivity index (χ1v) is 17.0. The average molecular weight is 705 g/mol. The van der Waals surface area contributed by atoms with Crippen LogP contribution < -0.4 is 0 Å². The number of hydrogen-bond donors (Lipinski definition) is 0. The fourth-order valence-corrected chi connectivity index (χ4v) is 7.63. The molecule has 0 heterocycles. The van der Waals surface area contributed by atoms with Crippen molar-refractivity contribution in [3.8, 4) is 44.5 Å². The van der Waals surface area contributed by atoms with Crippen LogP contribution in [0.3, 0.4) is 0 Å². The van der Waals surface area contributed by atoms with Crippen LogP contribution in [0.4, 0.5) is 26.3 Å². The van der Waals surface area contributed by atoms with Gasteiger partial charge in [-0.3, -0.25) is 0 Å². The molecule has 0 saturated carbocycles. The van der Waals surface area contributed by atoms with Crippen LogP contribution in [0, 0.1) is 17.5 Å². The molecule has 0 aliphatic heterocycles. The van der Waals surface area contributed by atoms with Gasteiger partial charge in [-0.25, -0.2) is 13.2 Å². The van der Waals surface area contributed by atoms with Crippen LogP contribution in [0.2, 0.25) is 0 Å². The molecule has 0 bridgehead atoms. The van der Waals surface area contributed by atoms with Gasteiger partial charge in [0.1, 0.15) is 0 Å². The number of benzene rings is 9. The summed E-state index contributed by atoms with van der Waals surface area (Å²) in [6, 6.07) is 46.9. The number of halogens is 6. The third-order valence-electron chi connectivity index (χ3n) is 10.1. The van der Waals surface area contributed by atoms with Crippen LogP contribution in [-0.4, -0.2) is 0 Å². The molecule has 0 fully saturated rings. The van der Waals surface area contributed by atoms with Gasteiger partial charge >= 0.3 is 6.18 Å². The lowest BCUT2D eigenvalue weighted by Crippen LogP contribution is -2.03. The number of fused-ring (bicyclic) bond motifs is 4. The largest absolute Gasteiger partial charge is 0.416 e. The molecule has 0 N–H and O–H groups in total. The summed E-state index contributed by atoms with van der Waals surface area (Å²) >= 11 is 0. The molecule has 0 nitrogen and oxygen atoms in total. The minimum absolute atomic E-state index is 0.191. The van der Waals surface area contributed by atoms with E-state index >= 15 is 0 Å². The summed E-state index contributed by atoms with van der Waals surface area (Å²) in [7, 11) is 0. The first-order valence-electron chi connectivity index (χ1n) is 17.0. The second-order valence-corrected chi connectivity index (χ2v) is 13.2. The van der Waals surface area contributed by atoms with E-state index in [-0.39, 0.29) is 5.56 Å². The minimum atomic E-state index is -4.46. The summed E-state index contributed by atoms with van der Waals surface area (Å²) in [6.45, 7) is 0. The molecule has 0 aromatic heterocycles. The summed E-state index contributed by atoms with van der Waals surface area (Å²) in [4.78, 5) is 0. The Kier molecular flexibility index (Phi) is 7.59. The van der Waals surface area contributed by atoms with Gasteiger partial charge in [-0.2, -0.15) is 13.2 Å². The fourth-order valence-electron chi connectivity index (χ4n) is 7.63. The van der Waals surface area contributed by atoms with E-state index in [4.69, 9.17) is 0 Å². The summed E-state index contributed by atoms with van der Waals surface area (Å²) in [6.07, 6.45) is -4.46. The summed E-state index contributed by atoms with van der Waals surface area (Å²) in [5, 5.41) is 7.45. The molecule has 9 aromatic rings. The third-order valence-corrected chi connectivity index (χ3v) is 10.1. The lowest BCUT2D eigenvalue weighted by molar-refractivity contribution is -0.137. The summed E-state index contributed by atoms with van der Waals surface area (Å²) < 4.78 is 83.8. The predicted molar refractivity (Wildman–Crippen MR) is 203 cm³/mol. The molecule has 53 heavy (non-hydrogen) atoms. The van der Waals surface area contributed by atoms with E-state index in [0.29, 0.717) is 11.1 Å². The van der Waals surface area contributed by atoms with Crippen molar-refractivity contribution in [1.82, 2.24) is 0 Å². The zero-order valence-electron chi connectivity index (χ0n) is 27.8. The van der Waals surface area contributed by atoms with Gasteiger partial charge in [-0.15, -0.1) is 0 Å². The molecule has 0 atom stereocenters. The Labute approximate surface area is 300 Å². The topological polar surface area (TPSA) is 0 Å². The summed E-state index contributed by atoms with van der Waals surface area (Å²) in [5.74, 6) is -4.08. The number of hydrogen-bond acceptors (Lipinski definition) is 0. The summed E-state index contributed by atoms with van der Waals surface area (Å²) in [5.41, 5.74) is 4.98. The van der Waals surface area contributed by atoms with E-state index in [1.807, 2.05) is 103 Å². The van der Waals surface area contributed by atoms with Crippen LogP contribution in [0.25, 0.3) is 87.6 Å². The molecular weight excluding hydrogens is 679 g/mol. The van der Waals surface area contributed by atoms with Crippen molar-refractivity contribution in [2.75, 3.05) is 0 Å². The van der Waals surface area contributed by atoms with Crippen molar-refractivity contribution in [3.63, 3.8) is 0 Å². The molecule has 9 aromatic carbocycles. The highest BCUT2D eigenvalue weighted by Gasteiger charge is 2.30. The lowest BCUT2D eigenvalue weighted by Gasteiger charge is -2.21. The molecule has 0 unspecified atom stereocenters. The third kappa shape index (κ3) is 5.49. The molecule has 9 rings (SSSR count). The van der Waals surface area contributed by atoms with E-state index in [9.17, 15) is 26.3 Å². The first kappa shape index (κ1) is 32.5. The molecule has 6 heteroatoms. The molecule has 256 valence electrons. The molecule has 0 aliphatic carbocycles. The van der Waals surface area contributed by atoms with Crippen molar-refractivity contribution in [3.05, 3.63) is 181 Å². The SMILES string of the molecule is Fc1cc(-c2ccc3c(-c4cccc5ccccc45)c4cc(-c5ccc(C(F)(F)F)cc5)ccc4c(-c4cccc5ccccc45)c3c2)cc(F)c1F. The minimum Gasteiger partial charge on any atom is -0.204 e. The van der Waals surface area contributed by atoms with E-state index < -0.39 is 29.2 Å². The zero-order valence-corrected chi connectivity index (χ0v) is 27.8. The Morgan fingerprint density at radius 1 is 0.340 bits per heavy atom. The van der Waals surface area contributed by atoms with Crippen molar-refractivity contribution >= 4 is 43.1 Å². The average Bonchev–Trinajstić information content (AvgIpc) is 3.18. The van der Waals surface area contributed by atoms with Gasteiger partial charge in [0.2, 0.25) is 0 Å². The Balaban J connectivity index is 1.44. The van der Waals surface area contributed by atoms with Crippen molar-refractivity contribution in [2.45, 2.75) is 6.18 Å². The lowest BCUT2D eigenvalue weighted by atomic mass is 9.82. The Morgan fingerprint density at radius 2 is 0.774 bits per heavy atom. The maximum Gasteiger partial charge on any atom is 0.416 e. The fraction of sp³-hybridized carbons (Fsp3) is 0.0213. The number of alkyl halides is 3. The first-order chi connectivity index (χ1) is 25.7. The Hall–Kier alpha value is -6.40. The predicted octanol–water partition coefficient (Wildman–Crippen LogP) is 14.4. The van der Waals surface area contributed by atoms with Crippen LogP contribution in [0.5, 0.6) is 0 Å². The second-order valence-electron chi connectivity index (χ2n) is 13.2. The highest BCUT2D eigenvalue weighted by Crippen LogP contribution is 2.48. The standard InChI is InChI=1S/C47H26F6/c48-42-25-32(26-43(49)46(42)50)31-18-22-39-41(24-31)45(37-14-6-10-29-8-2-4-12-35(29)37)38-21-17-30(27-15-19-33(20-16-27)47(51,52)53)23-40(38)44(39)36-13-5-9-28-7-1-3-11-34(28)36/h1-26H. The van der Waals surface area contributed by atoms with Gasteiger partial charge < -0.3 is 0 Å². The van der Waals surface area contributed by atoms with E-state index in [2.05, 4.69) is 12.1 Å². The quantitative estimate of drug-likeness (QED) is 0.0972. The van der Waals surface area contributed by atoms with Crippen LogP contribution in [0.1, 0.15) is 5.56 Å². The van der Waals surface area contributed by atoms with Crippen LogP contribution >= 0.6 is 0 Å². The van der Waals surface area contributed by atoms with Gasteiger partial charge in [0, 0.05) is 0 Å². The van der Waals surface area contributed by atoms with Crippen molar-refractivity contribution in [2.24, 2.45) is 0 Å². The molecule has 0 aliphatic rings. The second kappa shape index (κ2) is 12.4. The van der Waals surface area contributed by atoms with Gasteiger partial charge in [0.05, 0.1) is 5.56 Å². The maximum absolute atomic E-state index is 14.6. The van der Waals surface area contributed by atoms with Crippen molar-refractivity contribution < 1.29 is 26.3 Å². The zero-order chi connectivity index (χ0) is 36.4. The van der Waals surface area contributed by atoms with Crippen molar-refractivity contribution in [1.29, 1.82) is 0 Å². The van der Waals surface area contributed by atoms with Crippen LogP contribution in [-0.2, 0) is 6.18 Å². The Bertz CT molecular complexity index is 2870. The van der Waals surface area contributed by atoms with E-state index in [1.165, 1.54) is 12.1 Å².